The fourth-order valence-electron chi connectivity index (χ4n) is 3.46. The molecule has 2 heterocycles. The number of amides is 2. The summed E-state index contributed by atoms with van der Waals surface area (Å²) >= 11 is 0. The third kappa shape index (κ3) is 8.16. The topological polar surface area (TPSA) is 122 Å². The van der Waals surface area contributed by atoms with Crippen molar-refractivity contribution in [2.24, 2.45) is 5.73 Å². The second-order valence-electron chi connectivity index (χ2n) is 7.19. The molecule has 0 saturated heterocycles. The molecule has 1 aliphatic rings. The summed E-state index contributed by atoms with van der Waals surface area (Å²) in [5.74, 6) is 5.88. The summed E-state index contributed by atoms with van der Waals surface area (Å²) < 4.78 is 0. The summed E-state index contributed by atoms with van der Waals surface area (Å²) in [4.78, 5) is 52.1. The van der Waals surface area contributed by atoms with Gasteiger partial charge in [-0.05, 0) is 49.2 Å². The van der Waals surface area contributed by atoms with Gasteiger partial charge in [-0.1, -0.05) is 37.8 Å². The first-order valence-electron chi connectivity index (χ1n) is 11.6. The van der Waals surface area contributed by atoms with Gasteiger partial charge in [0.25, 0.3) is 5.91 Å². The molecule has 35 heavy (non-hydrogen) atoms. The number of nitrogens with zero attached hydrogens (tertiary/aromatic N) is 2. The van der Waals surface area contributed by atoms with Crippen LogP contribution in [0.25, 0.3) is 0 Å². The van der Waals surface area contributed by atoms with Crippen molar-refractivity contribution in [3.63, 3.8) is 0 Å². The van der Waals surface area contributed by atoms with Gasteiger partial charge in [-0.25, -0.2) is 0 Å². The summed E-state index contributed by atoms with van der Waals surface area (Å²) in [6.07, 6.45) is 4.86. The van der Waals surface area contributed by atoms with Gasteiger partial charge in [-0.15, -0.1) is 0 Å². The Labute approximate surface area is 207 Å². The third-order valence-electron chi connectivity index (χ3n) is 5.23. The largest absolute Gasteiger partial charge is 0.359 e. The van der Waals surface area contributed by atoms with Crippen LogP contribution in [0.3, 0.4) is 0 Å². The molecule has 2 amide bonds. The van der Waals surface area contributed by atoms with Crippen LogP contribution in [0.1, 0.15) is 70.6 Å². The highest BCUT2D eigenvalue weighted by Gasteiger charge is 2.33. The van der Waals surface area contributed by atoms with Crippen LogP contribution in [0.5, 0.6) is 0 Å². The van der Waals surface area contributed by atoms with Crippen LogP contribution in [0, 0.1) is 11.8 Å². The van der Waals surface area contributed by atoms with Gasteiger partial charge in [-0.3, -0.25) is 19.4 Å². The van der Waals surface area contributed by atoms with Gasteiger partial charge in [0.05, 0.1) is 6.04 Å². The highest BCUT2D eigenvalue weighted by molar-refractivity contribution is 6.00. The lowest BCUT2D eigenvalue weighted by atomic mass is 10.0. The minimum Gasteiger partial charge on any atom is -0.359 e. The molecule has 1 unspecified atom stereocenters. The molecule has 0 radical (unpaired) electrons. The fraction of sp³-hybridized carbons (Fsp3) is 0.370. The van der Waals surface area contributed by atoms with E-state index < -0.39 is 6.04 Å². The molecule has 1 aromatic heterocycles. The van der Waals surface area contributed by atoms with E-state index in [9.17, 15) is 19.2 Å². The monoisotopic (exact) mass is 478 g/mol. The molecular weight excluding hydrogens is 444 g/mol. The number of benzene rings is 1. The molecule has 0 spiro atoms. The van der Waals surface area contributed by atoms with Crippen molar-refractivity contribution in [3.8, 4) is 11.8 Å². The number of hydrogen-bond donors (Lipinski definition) is 2. The SMILES string of the molecule is CC.CN.CNC(=O)CCC(C=O)N1Cc2c(C#CCCc3ccc(C=O)nc3)cccc2C1=O. The predicted octanol–water partition coefficient (Wildman–Crippen LogP) is 2.53. The van der Waals surface area contributed by atoms with Crippen molar-refractivity contribution in [1.82, 2.24) is 15.2 Å². The van der Waals surface area contributed by atoms with Gasteiger partial charge < -0.3 is 20.7 Å². The van der Waals surface area contributed by atoms with Crippen LogP contribution in [-0.4, -0.2) is 54.4 Å². The van der Waals surface area contributed by atoms with E-state index in [2.05, 4.69) is 27.9 Å². The van der Waals surface area contributed by atoms with Crippen molar-refractivity contribution in [2.75, 3.05) is 14.1 Å². The number of hydrogen-bond acceptors (Lipinski definition) is 6. The quantitative estimate of drug-likeness (QED) is 0.444. The van der Waals surface area contributed by atoms with E-state index in [1.807, 2.05) is 26.0 Å². The van der Waals surface area contributed by atoms with Gasteiger partial charge >= 0.3 is 0 Å². The molecule has 1 aromatic carbocycles. The number of nitrogens with two attached hydrogens (primary N) is 1. The van der Waals surface area contributed by atoms with Crippen LogP contribution < -0.4 is 11.1 Å². The minimum atomic E-state index is -0.653. The van der Waals surface area contributed by atoms with E-state index in [1.165, 1.54) is 19.0 Å². The Bertz CT molecular complexity index is 1060. The number of aryl methyl sites for hydroxylation is 1. The number of aromatic nitrogens is 1. The lowest BCUT2D eigenvalue weighted by Gasteiger charge is -2.22. The highest BCUT2D eigenvalue weighted by atomic mass is 16.2. The Hall–Kier alpha value is -3.83. The van der Waals surface area contributed by atoms with E-state index >= 15 is 0 Å². The Balaban J connectivity index is 0.00000145. The molecular formula is C27H34N4O4. The molecule has 0 fully saturated rings. The van der Waals surface area contributed by atoms with Crippen molar-refractivity contribution < 1.29 is 19.2 Å². The molecule has 0 aliphatic carbocycles. The Kier molecular flexibility index (Phi) is 13.3. The lowest BCUT2D eigenvalue weighted by Crippen LogP contribution is -2.37. The first-order valence-corrected chi connectivity index (χ1v) is 11.6. The Morgan fingerprint density at radius 1 is 1.23 bits per heavy atom. The molecule has 1 aliphatic heterocycles. The van der Waals surface area contributed by atoms with Crippen molar-refractivity contribution in [3.05, 3.63) is 64.5 Å². The summed E-state index contributed by atoms with van der Waals surface area (Å²) in [5, 5.41) is 2.52. The zero-order valence-electron chi connectivity index (χ0n) is 20.8. The second kappa shape index (κ2) is 15.9. The maximum atomic E-state index is 12.8. The number of nitrogens with one attached hydrogen (secondary N) is 1. The molecule has 2 aromatic rings. The van der Waals surface area contributed by atoms with Gasteiger partial charge in [0.15, 0.2) is 6.29 Å². The van der Waals surface area contributed by atoms with E-state index in [1.54, 1.807) is 24.4 Å². The standard InChI is InChI=1S/C24H23N3O4.C2H6.CH5N/c1-25-23(30)12-11-20(16-29)27-14-22-18(7-4-8-21(22)24(27)31)6-3-2-5-17-9-10-19(15-28)26-13-17;2*1-2/h4,7-10,13,15-16,20H,2,5,11-12,14H2,1H3,(H,25,30);1-2H3;2H2,1H3. The van der Waals surface area contributed by atoms with E-state index in [4.69, 9.17) is 0 Å². The normalized spacial score (nSPS) is 11.9. The summed E-state index contributed by atoms with van der Waals surface area (Å²) in [6, 6.07) is 8.26. The average Bonchev–Trinajstić information content (AvgIpc) is 3.26. The number of fused-ring (bicyclic) bond motifs is 1. The number of carbonyl (C=O) groups excluding carboxylic acids is 4. The molecule has 1 atom stereocenters. The maximum absolute atomic E-state index is 12.8. The first-order chi connectivity index (χ1) is 17.1. The second-order valence-corrected chi connectivity index (χ2v) is 7.19. The summed E-state index contributed by atoms with van der Waals surface area (Å²) in [5.41, 5.74) is 8.01. The van der Waals surface area contributed by atoms with Gasteiger partial charge in [-0.2, -0.15) is 0 Å². The molecule has 0 saturated carbocycles. The molecule has 3 N–H and O–H groups in total. The number of carbonyl (C=O) groups is 4. The van der Waals surface area contributed by atoms with E-state index in [0.29, 0.717) is 36.9 Å². The van der Waals surface area contributed by atoms with Crippen LogP contribution in [0.4, 0.5) is 0 Å². The predicted molar refractivity (Wildman–Crippen MR) is 136 cm³/mol. The number of rotatable bonds is 8. The molecule has 3 rings (SSSR count). The van der Waals surface area contributed by atoms with Gasteiger partial charge in [0.2, 0.25) is 5.91 Å². The number of aldehydes is 2. The highest BCUT2D eigenvalue weighted by Crippen LogP contribution is 2.28. The van der Waals surface area contributed by atoms with Crippen LogP contribution >= 0.6 is 0 Å². The van der Waals surface area contributed by atoms with Crippen molar-refractivity contribution >= 4 is 24.4 Å². The van der Waals surface area contributed by atoms with Gasteiger partial charge in [0.1, 0.15) is 12.0 Å². The molecule has 0 bridgehead atoms. The average molecular weight is 479 g/mol. The lowest BCUT2D eigenvalue weighted by molar-refractivity contribution is -0.121. The maximum Gasteiger partial charge on any atom is 0.255 e. The van der Waals surface area contributed by atoms with Crippen molar-refractivity contribution in [2.45, 2.75) is 52.1 Å². The zero-order valence-corrected chi connectivity index (χ0v) is 20.8. The number of pyridine rings is 1. The van der Waals surface area contributed by atoms with Gasteiger partial charge in [0, 0.05) is 43.8 Å². The molecule has 8 heteroatoms. The minimum absolute atomic E-state index is 0.168. The van der Waals surface area contributed by atoms with E-state index in [0.717, 1.165) is 23.0 Å². The summed E-state index contributed by atoms with van der Waals surface area (Å²) in [6.45, 7) is 4.30. The fourth-order valence-corrected chi connectivity index (χ4v) is 3.46. The van der Waals surface area contributed by atoms with Crippen molar-refractivity contribution in [1.29, 1.82) is 0 Å². The van der Waals surface area contributed by atoms with Crippen LogP contribution in [-0.2, 0) is 22.6 Å². The zero-order chi connectivity index (χ0) is 26.2. The third-order valence-corrected chi connectivity index (χ3v) is 5.23. The first kappa shape index (κ1) is 29.2. The Morgan fingerprint density at radius 3 is 2.57 bits per heavy atom. The van der Waals surface area contributed by atoms with Crippen LogP contribution in [0.15, 0.2) is 36.5 Å². The summed E-state index contributed by atoms with van der Waals surface area (Å²) in [7, 11) is 3.04. The molecule has 186 valence electrons. The van der Waals surface area contributed by atoms with E-state index in [-0.39, 0.29) is 24.7 Å². The Morgan fingerprint density at radius 2 is 1.97 bits per heavy atom. The smallest absolute Gasteiger partial charge is 0.255 e. The molecule has 8 nitrogen and oxygen atoms in total. The van der Waals surface area contributed by atoms with Crippen LogP contribution in [0.2, 0.25) is 0 Å².